The third kappa shape index (κ3) is 3.33. The summed E-state index contributed by atoms with van der Waals surface area (Å²) in [6.45, 7) is 7.31. The molecule has 1 aliphatic rings. The Kier molecular flexibility index (Phi) is 4.13. The van der Waals surface area contributed by atoms with Crippen molar-refractivity contribution in [2.45, 2.75) is 45.4 Å². The molecule has 100 valence electrons. The van der Waals surface area contributed by atoms with Crippen LogP contribution < -0.4 is 4.74 Å². The predicted molar refractivity (Wildman–Crippen MR) is 78.1 cm³/mol. The first-order chi connectivity index (χ1) is 8.37. The van der Waals surface area contributed by atoms with Gasteiger partial charge in [-0.05, 0) is 48.4 Å². The van der Waals surface area contributed by atoms with Gasteiger partial charge in [0, 0.05) is 16.8 Å². The third-order valence-electron chi connectivity index (χ3n) is 3.33. The van der Waals surface area contributed by atoms with E-state index >= 15 is 0 Å². The van der Waals surface area contributed by atoms with E-state index in [0.717, 1.165) is 36.6 Å². The van der Waals surface area contributed by atoms with Crippen molar-refractivity contribution >= 4 is 23.2 Å². The van der Waals surface area contributed by atoms with Crippen LogP contribution in [0.1, 0.15) is 38.3 Å². The lowest BCUT2D eigenvalue weighted by Gasteiger charge is -2.27. The number of fused-ring (bicyclic) bond motifs is 1. The van der Waals surface area contributed by atoms with Gasteiger partial charge in [-0.25, -0.2) is 0 Å². The topological polar surface area (TPSA) is 9.23 Å². The number of alkyl halides is 1. The zero-order valence-corrected chi connectivity index (χ0v) is 12.7. The molecular formula is C15H20Cl2O. The van der Waals surface area contributed by atoms with Crippen LogP contribution in [0.15, 0.2) is 12.1 Å². The van der Waals surface area contributed by atoms with E-state index in [1.165, 1.54) is 11.1 Å². The van der Waals surface area contributed by atoms with Gasteiger partial charge in [0.1, 0.15) is 5.75 Å². The SMILES string of the molecule is CC(Cl)CC(C)(C)Cc1cc(Cl)cc2c1OCC2. The molecule has 1 aromatic rings. The molecule has 1 aromatic carbocycles. The number of hydrogen-bond acceptors (Lipinski definition) is 1. The molecule has 0 spiro atoms. The van der Waals surface area contributed by atoms with Crippen LogP contribution in [0.2, 0.25) is 5.02 Å². The average molecular weight is 287 g/mol. The third-order valence-corrected chi connectivity index (χ3v) is 3.70. The molecule has 0 aromatic heterocycles. The summed E-state index contributed by atoms with van der Waals surface area (Å²) < 4.78 is 5.74. The Hall–Kier alpha value is -0.400. The van der Waals surface area contributed by atoms with E-state index in [1.54, 1.807) is 0 Å². The molecule has 1 nitrogen and oxygen atoms in total. The zero-order chi connectivity index (χ0) is 13.3. The molecule has 0 amide bonds. The highest BCUT2D eigenvalue weighted by atomic mass is 35.5. The Labute approximate surface area is 119 Å². The van der Waals surface area contributed by atoms with Crippen LogP contribution in [-0.4, -0.2) is 12.0 Å². The summed E-state index contributed by atoms with van der Waals surface area (Å²) in [7, 11) is 0. The van der Waals surface area contributed by atoms with E-state index in [4.69, 9.17) is 27.9 Å². The molecular weight excluding hydrogens is 267 g/mol. The Morgan fingerprint density at radius 2 is 2.11 bits per heavy atom. The lowest BCUT2D eigenvalue weighted by atomic mass is 9.81. The second-order valence-electron chi connectivity index (χ2n) is 5.98. The molecule has 18 heavy (non-hydrogen) atoms. The average Bonchev–Trinajstić information content (AvgIpc) is 2.61. The quantitative estimate of drug-likeness (QED) is 0.718. The molecule has 0 saturated heterocycles. The summed E-state index contributed by atoms with van der Waals surface area (Å²) in [4.78, 5) is 0. The van der Waals surface area contributed by atoms with Gasteiger partial charge >= 0.3 is 0 Å². The standard InChI is InChI=1S/C15H20Cl2O/c1-10(16)8-15(2,3)9-12-7-13(17)6-11-4-5-18-14(11)12/h6-7,10H,4-5,8-9H2,1-3H3. The monoisotopic (exact) mass is 286 g/mol. The number of hydrogen-bond donors (Lipinski definition) is 0. The van der Waals surface area contributed by atoms with Crippen LogP contribution in [0.3, 0.4) is 0 Å². The normalized spacial score (nSPS) is 16.3. The minimum atomic E-state index is 0.158. The van der Waals surface area contributed by atoms with Gasteiger partial charge in [0.25, 0.3) is 0 Å². The van der Waals surface area contributed by atoms with Gasteiger partial charge in [-0.15, -0.1) is 11.6 Å². The van der Waals surface area contributed by atoms with E-state index in [2.05, 4.69) is 13.8 Å². The molecule has 0 N–H and O–H groups in total. The van der Waals surface area contributed by atoms with E-state index in [9.17, 15) is 0 Å². The second-order valence-corrected chi connectivity index (χ2v) is 7.16. The molecule has 1 unspecified atom stereocenters. The molecule has 0 bridgehead atoms. The number of halogens is 2. The summed E-state index contributed by atoms with van der Waals surface area (Å²) in [5, 5.41) is 0.997. The first-order valence-corrected chi connectivity index (χ1v) is 7.27. The Balaban J connectivity index is 2.24. The molecule has 0 fully saturated rings. The highest BCUT2D eigenvalue weighted by Crippen LogP contribution is 2.38. The van der Waals surface area contributed by atoms with Crippen molar-refractivity contribution in [3.05, 3.63) is 28.3 Å². The largest absolute Gasteiger partial charge is 0.493 e. The summed E-state index contributed by atoms with van der Waals surface area (Å²) >= 11 is 12.3. The van der Waals surface area contributed by atoms with E-state index in [1.807, 2.05) is 19.1 Å². The molecule has 1 heterocycles. The second kappa shape index (κ2) is 5.30. The molecule has 3 heteroatoms. The Bertz CT molecular complexity index is 438. The van der Waals surface area contributed by atoms with Gasteiger partial charge in [0.05, 0.1) is 6.61 Å². The van der Waals surface area contributed by atoms with Gasteiger partial charge in [-0.1, -0.05) is 25.4 Å². The van der Waals surface area contributed by atoms with Crippen molar-refractivity contribution in [3.63, 3.8) is 0 Å². The Morgan fingerprint density at radius 3 is 2.78 bits per heavy atom. The minimum absolute atomic E-state index is 0.158. The van der Waals surface area contributed by atoms with Crippen LogP contribution in [0.5, 0.6) is 5.75 Å². The maximum absolute atomic E-state index is 6.18. The highest BCUT2D eigenvalue weighted by molar-refractivity contribution is 6.30. The first kappa shape index (κ1) is 14.0. The summed E-state index contributed by atoms with van der Waals surface area (Å²) in [6.07, 6.45) is 2.90. The summed E-state index contributed by atoms with van der Waals surface area (Å²) in [5.41, 5.74) is 2.62. The molecule has 0 aliphatic carbocycles. The van der Waals surface area contributed by atoms with E-state index in [0.29, 0.717) is 0 Å². The molecule has 0 saturated carbocycles. The highest BCUT2D eigenvalue weighted by Gasteiger charge is 2.25. The van der Waals surface area contributed by atoms with Gasteiger partial charge in [-0.2, -0.15) is 0 Å². The van der Waals surface area contributed by atoms with Crippen LogP contribution in [0.4, 0.5) is 0 Å². The van der Waals surface area contributed by atoms with Gasteiger partial charge in [0.15, 0.2) is 0 Å². The maximum atomic E-state index is 6.18. The van der Waals surface area contributed by atoms with E-state index < -0.39 is 0 Å². The lowest BCUT2D eigenvalue weighted by molar-refractivity contribution is 0.315. The van der Waals surface area contributed by atoms with Gasteiger partial charge in [-0.3, -0.25) is 0 Å². The molecule has 2 rings (SSSR count). The van der Waals surface area contributed by atoms with Crippen LogP contribution in [0.25, 0.3) is 0 Å². The molecule has 0 radical (unpaired) electrons. The van der Waals surface area contributed by atoms with Gasteiger partial charge < -0.3 is 4.74 Å². The van der Waals surface area contributed by atoms with Crippen molar-refractivity contribution < 1.29 is 4.74 Å². The van der Waals surface area contributed by atoms with Crippen LogP contribution in [-0.2, 0) is 12.8 Å². The number of benzene rings is 1. The predicted octanol–water partition coefficient (Wildman–Crippen LogP) is 4.86. The molecule has 1 atom stereocenters. The maximum Gasteiger partial charge on any atom is 0.125 e. The van der Waals surface area contributed by atoms with Gasteiger partial charge in [0.2, 0.25) is 0 Å². The lowest BCUT2D eigenvalue weighted by Crippen LogP contribution is -2.19. The van der Waals surface area contributed by atoms with Crippen molar-refractivity contribution in [1.29, 1.82) is 0 Å². The van der Waals surface area contributed by atoms with Crippen molar-refractivity contribution in [2.24, 2.45) is 5.41 Å². The van der Waals surface area contributed by atoms with Crippen LogP contribution >= 0.6 is 23.2 Å². The molecule has 1 aliphatic heterocycles. The van der Waals surface area contributed by atoms with Crippen molar-refractivity contribution in [3.8, 4) is 5.75 Å². The smallest absolute Gasteiger partial charge is 0.125 e. The fraction of sp³-hybridized carbons (Fsp3) is 0.600. The first-order valence-electron chi connectivity index (χ1n) is 6.45. The fourth-order valence-electron chi connectivity index (χ4n) is 2.83. The van der Waals surface area contributed by atoms with Crippen molar-refractivity contribution in [1.82, 2.24) is 0 Å². The minimum Gasteiger partial charge on any atom is -0.493 e. The zero-order valence-electron chi connectivity index (χ0n) is 11.2. The number of ether oxygens (including phenoxy) is 1. The summed E-state index contributed by atoms with van der Waals surface area (Å²) in [6, 6.07) is 4.05. The number of rotatable bonds is 4. The fourth-order valence-corrected chi connectivity index (χ4v) is 3.51. The summed E-state index contributed by atoms with van der Waals surface area (Å²) in [5.74, 6) is 1.05. The van der Waals surface area contributed by atoms with Crippen molar-refractivity contribution in [2.75, 3.05) is 6.61 Å². The Morgan fingerprint density at radius 1 is 1.39 bits per heavy atom. The van der Waals surface area contributed by atoms with E-state index in [-0.39, 0.29) is 10.8 Å². The van der Waals surface area contributed by atoms with Crippen LogP contribution in [0, 0.1) is 5.41 Å².